The molecule has 5 heteroatoms. The van der Waals surface area contributed by atoms with Gasteiger partial charge in [-0.25, -0.2) is 0 Å². The number of aromatic nitrogens is 2. The lowest BCUT2D eigenvalue weighted by Gasteiger charge is -2.15. The Hall–Kier alpha value is -1.39. The van der Waals surface area contributed by atoms with Gasteiger partial charge in [-0.3, -0.25) is 4.79 Å². The Labute approximate surface area is 107 Å². The van der Waals surface area contributed by atoms with Gasteiger partial charge in [-0.2, -0.15) is 0 Å². The molecule has 0 atom stereocenters. The maximum atomic E-state index is 10.5. The van der Waals surface area contributed by atoms with Crippen molar-refractivity contribution in [2.45, 2.75) is 63.7 Å². The standard InChI is InChI=1S/C13H20N2O3/c16-12(17)9-8-11-14-15-13(18-11)10-6-4-2-1-3-5-7-10/h10H,1-9H2,(H,16,17). The number of aliphatic carboxylic acids is 1. The van der Waals surface area contributed by atoms with Crippen LogP contribution in [0.25, 0.3) is 0 Å². The Balaban J connectivity index is 1.92. The van der Waals surface area contributed by atoms with E-state index in [0.717, 1.165) is 12.8 Å². The summed E-state index contributed by atoms with van der Waals surface area (Å²) >= 11 is 0. The molecule has 1 aromatic heterocycles. The number of rotatable bonds is 4. The van der Waals surface area contributed by atoms with E-state index < -0.39 is 5.97 Å². The summed E-state index contributed by atoms with van der Waals surface area (Å²) in [4.78, 5) is 10.5. The predicted octanol–water partition coefficient (Wildman–Crippen LogP) is 2.91. The number of hydrogen-bond donors (Lipinski definition) is 1. The molecule has 2 rings (SSSR count). The highest BCUT2D eigenvalue weighted by Crippen LogP contribution is 2.30. The number of carboxylic acids is 1. The van der Waals surface area contributed by atoms with Gasteiger partial charge < -0.3 is 9.52 Å². The largest absolute Gasteiger partial charge is 0.481 e. The summed E-state index contributed by atoms with van der Waals surface area (Å²) in [6.45, 7) is 0. The van der Waals surface area contributed by atoms with Gasteiger partial charge in [0.15, 0.2) is 0 Å². The molecule has 100 valence electrons. The van der Waals surface area contributed by atoms with Gasteiger partial charge in [-0.05, 0) is 12.8 Å². The summed E-state index contributed by atoms with van der Waals surface area (Å²) in [5.41, 5.74) is 0. The lowest BCUT2D eigenvalue weighted by Crippen LogP contribution is -2.02. The van der Waals surface area contributed by atoms with Crippen LogP contribution >= 0.6 is 0 Å². The van der Waals surface area contributed by atoms with Crippen LogP contribution in [0.5, 0.6) is 0 Å². The van der Waals surface area contributed by atoms with E-state index in [1.165, 1.54) is 32.1 Å². The molecule has 0 saturated heterocycles. The van der Waals surface area contributed by atoms with Gasteiger partial charge >= 0.3 is 5.97 Å². The van der Waals surface area contributed by atoms with Gasteiger partial charge in [-0.1, -0.05) is 32.1 Å². The number of carboxylic acid groups (broad SMARTS) is 1. The minimum Gasteiger partial charge on any atom is -0.481 e. The van der Waals surface area contributed by atoms with Crippen LogP contribution in [-0.2, 0) is 11.2 Å². The fourth-order valence-corrected chi connectivity index (χ4v) is 2.45. The van der Waals surface area contributed by atoms with E-state index in [-0.39, 0.29) is 6.42 Å². The third-order valence-electron chi connectivity index (χ3n) is 3.49. The highest BCUT2D eigenvalue weighted by atomic mass is 16.4. The van der Waals surface area contributed by atoms with E-state index >= 15 is 0 Å². The molecule has 1 heterocycles. The molecule has 0 aromatic carbocycles. The van der Waals surface area contributed by atoms with Crippen LogP contribution in [0.1, 0.15) is 69.1 Å². The van der Waals surface area contributed by atoms with Crippen LogP contribution in [0.2, 0.25) is 0 Å². The molecule has 1 aliphatic rings. The van der Waals surface area contributed by atoms with E-state index in [1.54, 1.807) is 0 Å². The van der Waals surface area contributed by atoms with Crippen LogP contribution in [0.3, 0.4) is 0 Å². The first-order valence-electron chi connectivity index (χ1n) is 6.80. The Bertz CT molecular complexity index is 381. The highest BCUT2D eigenvalue weighted by molar-refractivity contribution is 5.66. The fourth-order valence-electron chi connectivity index (χ4n) is 2.45. The zero-order valence-electron chi connectivity index (χ0n) is 10.6. The maximum Gasteiger partial charge on any atom is 0.303 e. The van der Waals surface area contributed by atoms with Crippen molar-refractivity contribution < 1.29 is 14.3 Å². The molecule has 0 unspecified atom stereocenters. The van der Waals surface area contributed by atoms with Crippen LogP contribution in [-0.4, -0.2) is 21.3 Å². The summed E-state index contributed by atoms with van der Waals surface area (Å²) in [7, 11) is 0. The van der Waals surface area contributed by atoms with Crippen molar-refractivity contribution in [1.82, 2.24) is 10.2 Å². The molecular formula is C13H20N2O3. The van der Waals surface area contributed by atoms with Gasteiger partial charge in [0.2, 0.25) is 11.8 Å². The highest BCUT2D eigenvalue weighted by Gasteiger charge is 2.19. The molecule has 0 amide bonds. The van der Waals surface area contributed by atoms with Crippen molar-refractivity contribution in [1.29, 1.82) is 0 Å². The Morgan fingerprint density at radius 3 is 2.50 bits per heavy atom. The van der Waals surface area contributed by atoms with E-state index in [9.17, 15) is 4.79 Å². The van der Waals surface area contributed by atoms with Crippen molar-refractivity contribution >= 4 is 5.97 Å². The van der Waals surface area contributed by atoms with E-state index in [0.29, 0.717) is 24.1 Å². The molecule has 0 aliphatic heterocycles. The minimum atomic E-state index is -0.833. The van der Waals surface area contributed by atoms with Gasteiger partial charge in [-0.15, -0.1) is 10.2 Å². The summed E-state index contributed by atoms with van der Waals surface area (Å²) in [6.07, 6.45) is 8.95. The normalized spacial score (nSPS) is 18.2. The molecule has 0 bridgehead atoms. The first-order chi connectivity index (χ1) is 8.75. The molecule has 1 fully saturated rings. The van der Waals surface area contributed by atoms with Crippen molar-refractivity contribution in [3.63, 3.8) is 0 Å². The quantitative estimate of drug-likeness (QED) is 0.891. The molecule has 0 radical (unpaired) electrons. The molecule has 0 spiro atoms. The summed E-state index contributed by atoms with van der Waals surface area (Å²) in [6, 6.07) is 0. The number of aryl methyl sites for hydroxylation is 1. The summed E-state index contributed by atoms with van der Waals surface area (Å²) < 4.78 is 5.58. The average Bonchev–Trinajstić information content (AvgIpc) is 2.74. The first-order valence-corrected chi connectivity index (χ1v) is 6.80. The van der Waals surface area contributed by atoms with Crippen LogP contribution in [0.15, 0.2) is 4.42 Å². The Kier molecular flexibility index (Phi) is 4.73. The van der Waals surface area contributed by atoms with E-state index in [2.05, 4.69) is 10.2 Å². The molecule has 1 aliphatic carbocycles. The number of carbonyl (C=O) groups is 1. The second kappa shape index (κ2) is 6.52. The summed E-state index contributed by atoms with van der Waals surface area (Å²) in [5, 5.41) is 16.6. The first kappa shape index (κ1) is 13.1. The van der Waals surface area contributed by atoms with Crippen molar-refractivity contribution in [3.05, 3.63) is 11.8 Å². The number of nitrogens with zero attached hydrogens (tertiary/aromatic N) is 2. The van der Waals surface area contributed by atoms with Gasteiger partial charge in [0.05, 0.1) is 6.42 Å². The SMILES string of the molecule is O=C(O)CCc1nnc(C2CCCCCCC2)o1. The van der Waals surface area contributed by atoms with Crippen molar-refractivity contribution in [2.75, 3.05) is 0 Å². The maximum absolute atomic E-state index is 10.5. The molecule has 18 heavy (non-hydrogen) atoms. The zero-order valence-corrected chi connectivity index (χ0v) is 10.6. The van der Waals surface area contributed by atoms with Gasteiger partial charge in [0, 0.05) is 12.3 Å². The topological polar surface area (TPSA) is 76.2 Å². The second-order valence-corrected chi connectivity index (χ2v) is 4.97. The van der Waals surface area contributed by atoms with Gasteiger partial charge in [0.25, 0.3) is 0 Å². The smallest absolute Gasteiger partial charge is 0.303 e. The average molecular weight is 252 g/mol. The van der Waals surface area contributed by atoms with Crippen molar-refractivity contribution in [3.8, 4) is 0 Å². The minimum absolute atomic E-state index is 0.0479. The van der Waals surface area contributed by atoms with Crippen molar-refractivity contribution in [2.24, 2.45) is 0 Å². The van der Waals surface area contributed by atoms with E-state index in [4.69, 9.17) is 9.52 Å². The van der Waals surface area contributed by atoms with Gasteiger partial charge in [0.1, 0.15) is 0 Å². The van der Waals surface area contributed by atoms with Crippen LogP contribution < -0.4 is 0 Å². The lowest BCUT2D eigenvalue weighted by molar-refractivity contribution is -0.137. The second-order valence-electron chi connectivity index (χ2n) is 4.97. The third-order valence-corrected chi connectivity index (χ3v) is 3.49. The van der Waals surface area contributed by atoms with E-state index in [1.807, 2.05) is 0 Å². The monoisotopic (exact) mass is 252 g/mol. The number of hydrogen-bond acceptors (Lipinski definition) is 4. The fraction of sp³-hybridized carbons (Fsp3) is 0.769. The van der Waals surface area contributed by atoms with Crippen LogP contribution in [0, 0.1) is 0 Å². The molecule has 1 aromatic rings. The Morgan fingerprint density at radius 1 is 1.17 bits per heavy atom. The zero-order chi connectivity index (χ0) is 12.8. The molecule has 5 nitrogen and oxygen atoms in total. The Morgan fingerprint density at radius 2 is 1.83 bits per heavy atom. The molecular weight excluding hydrogens is 232 g/mol. The third kappa shape index (κ3) is 3.82. The summed E-state index contributed by atoms with van der Waals surface area (Å²) in [5.74, 6) is 0.698. The molecule has 1 saturated carbocycles. The lowest BCUT2D eigenvalue weighted by atomic mass is 9.91. The van der Waals surface area contributed by atoms with Crippen LogP contribution in [0.4, 0.5) is 0 Å². The predicted molar refractivity (Wildman–Crippen MR) is 65.3 cm³/mol. The molecule has 1 N–H and O–H groups in total.